The molecule has 2 amide bonds. The Kier molecular flexibility index (Phi) is 9.53. The van der Waals surface area contributed by atoms with Crippen molar-refractivity contribution < 1.29 is 14.0 Å². The minimum Gasteiger partial charge on any atom is -0.459 e. The molecule has 0 radical (unpaired) electrons. The number of hydrogen-bond acceptors (Lipinski definition) is 4. The van der Waals surface area contributed by atoms with Crippen LogP contribution in [-0.2, 0) is 4.79 Å². The Morgan fingerprint density at radius 3 is 2.45 bits per heavy atom. The van der Waals surface area contributed by atoms with Crippen LogP contribution in [-0.4, -0.2) is 30.9 Å². The first-order chi connectivity index (χ1) is 9.91. The standard InChI is InChI=1S/C15H25N3O3.ClH/c1-10(2)9-12(16)14(19)17-6-4-7-18-15(20)13-11(3)5-8-21-13;/h5,8,10,12H,4,6-7,9,16H2,1-3H3,(H,17,19)(H,18,20);1H/t12-;/m0./s1. The van der Waals surface area contributed by atoms with Crippen molar-refractivity contribution in [3.63, 3.8) is 0 Å². The highest BCUT2D eigenvalue weighted by atomic mass is 35.5. The van der Waals surface area contributed by atoms with Crippen molar-refractivity contribution in [1.82, 2.24) is 10.6 Å². The highest BCUT2D eigenvalue weighted by Gasteiger charge is 2.14. The number of halogens is 1. The van der Waals surface area contributed by atoms with Gasteiger partial charge in [-0.1, -0.05) is 13.8 Å². The van der Waals surface area contributed by atoms with Gasteiger partial charge < -0.3 is 20.8 Å². The largest absolute Gasteiger partial charge is 0.459 e. The monoisotopic (exact) mass is 331 g/mol. The van der Waals surface area contributed by atoms with Gasteiger partial charge in [0.05, 0.1) is 12.3 Å². The van der Waals surface area contributed by atoms with Crippen molar-refractivity contribution in [2.75, 3.05) is 13.1 Å². The summed E-state index contributed by atoms with van der Waals surface area (Å²) in [5.41, 5.74) is 6.57. The van der Waals surface area contributed by atoms with Gasteiger partial charge in [0.1, 0.15) is 0 Å². The average molecular weight is 332 g/mol. The molecule has 0 aliphatic rings. The van der Waals surface area contributed by atoms with E-state index in [4.69, 9.17) is 10.2 Å². The Morgan fingerprint density at radius 1 is 1.27 bits per heavy atom. The first-order valence-corrected chi connectivity index (χ1v) is 7.27. The van der Waals surface area contributed by atoms with Crippen LogP contribution in [0, 0.1) is 12.8 Å². The average Bonchev–Trinajstić information content (AvgIpc) is 2.83. The number of carbonyl (C=O) groups excluding carboxylic acids is 2. The third-order valence-corrected chi connectivity index (χ3v) is 3.07. The van der Waals surface area contributed by atoms with Crippen LogP contribution < -0.4 is 16.4 Å². The molecule has 1 rings (SSSR count). The zero-order valence-electron chi connectivity index (χ0n) is 13.3. The smallest absolute Gasteiger partial charge is 0.287 e. The minimum atomic E-state index is -0.467. The van der Waals surface area contributed by atoms with Crippen molar-refractivity contribution in [1.29, 1.82) is 0 Å². The molecular formula is C15H26ClN3O3. The Bertz CT molecular complexity index is 474. The van der Waals surface area contributed by atoms with E-state index in [1.165, 1.54) is 6.26 Å². The van der Waals surface area contributed by atoms with E-state index in [1.54, 1.807) is 6.07 Å². The lowest BCUT2D eigenvalue weighted by Crippen LogP contribution is -2.42. The van der Waals surface area contributed by atoms with Gasteiger partial charge in [-0.3, -0.25) is 9.59 Å². The van der Waals surface area contributed by atoms with E-state index in [2.05, 4.69) is 10.6 Å². The molecule has 7 heteroatoms. The number of carbonyl (C=O) groups is 2. The van der Waals surface area contributed by atoms with E-state index >= 15 is 0 Å². The molecule has 0 fully saturated rings. The first-order valence-electron chi connectivity index (χ1n) is 7.27. The molecule has 4 N–H and O–H groups in total. The summed E-state index contributed by atoms with van der Waals surface area (Å²) in [5.74, 6) is 0.344. The molecule has 0 aromatic carbocycles. The molecular weight excluding hydrogens is 306 g/mol. The van der Waals surface area contributed by atoms with Crippen molar-refractivity contribution >= 4 is 24.2 Å². The van der Waals surface area contributed by atoms with Gasteiger partial charge in [-0.05, 0) is 31.7 Å². The fraction of sp³-hybridized carbons (Fsp3) is 0.600. The predicted molar refractivity (Wildman–Crippen MR) is 88.1 cm³/mol. The molecule has 22 heavy (non-hydrogen) atoms. The second-order valence-corrected chi connectivity index (χ2v) is 5.57. The maximum Gasteiger partial charge on any atom is 0.287 e. The fourth-order valence-corrected chi connectivity index (χ4v) is 1.93. The molecule has 1 heterocycles. The molecule has 0 aliphatic heterocycles. The van der Waals surface area contributed by atoms with Crippen molar-refractivity contribution in [2.45, 2.75) is 39.7 Å². The number of nitrogens with two attached hydrogens (primary N) is 1. The highest BCUT2D eigenvalue weighted by Crippen LogP contribution is 2.07. The summed E-state index contributed by atoms with van der Waals surface area (Å²) in [6.45, 7) is 6.83. The third kappa shape index (κ3) is 6.95. The molecule has 0 saturated heterocycles. The first kappa shape index (κ1) is 20.5. The van der Waals surface area contributed by atoms with Gasteiger partial charge in [0, 0.05) is 18.7 Å². The number of hydrogen-bond donors (Lipinski definition) is 3. The fourth-order valence-electron chi connectivity index (χ4n) is 1.93. The SMILES string of the molecule is Cc1ccoc1C(=O)NCCCNC(=O)[C@@H](N)CC(C)C.Cl. The van der Waals surface area contributed by atoms with Gasteiger partial charge in [0.15, 0.2) is 5.76 Å². The summed E-state index contributed by atoms with van der Waals surface area (Å²) >= 11 is 0. The molecule has 126 valence electrons. The summed E-state index contributed by atoms with van der Waals surface area (Å²) in [6, 6.07) is 1.27. The Labute approximate surface area is 137 Å². The number of amides is 2. The van der Waals surface area contributed by atoms with Crippen molar-refractivity contribution in [3.05, 3.63) is 23.7 Å². The second-order valence-electron chi connectivity index (χ2n) is 5.57. The lowest BCUT2D eigenvalue weighted by molar-refractivity contribution is -0.122. The normalized spacial score (nSPS) is 11.7. The summed E-state index contributed by atoms with van der Waals surface area (Å²) in [4.78, 5) is 23.4. The van der Waals surface area contributed by atoms with Crippen LogP contribution in [0.5, 0.6) is 0 Å². The number of furan rings is 1. The van der Waals surface area contributed by atoms with E-state index in [-0.39, 0.29) is 24.2 Å². The molecule has 0 aliphatic carbocycles. The zero-order valence-corrected chi connectivity index (χ0v) is 14.2. The van der Waals surface area contributed by atoms with Crippen molar-refractivity contribution in [3.8, 4) is 0 Å². The molecule has 1 aromatic rings. The summed E-state index contributed by atoms with van der Waals surface area (Å²) in [6.07, 6.45) is 2.80. The minimum absolute atomic E-state index is 0. The van der Waals surface area contributed by atoms with Crippen LogP contribution in [0.4, 0.5) is 0 Å². The molecule has 0 spiro atoms. The lowest BCUT2D eigenvalue weighted by atomic mass is 10.0. The van der Waals surface area contributed by atoms with Crippen LogP contribution in [0.15, 0.2) is 16.7 Å². The van der Waals surface area contributed by atoms with E-state index in [0.29, 0.717) is 37.6 Å². The van der Waals surface area contributed by atoms with Crippen LogP contribution in [0.25, 0.3) is 0 Å². The van der Waals surface area contributed by atoms with Gasteiger partial charge in [-0.25, -0.2) is 0 Å². The Morgan fingerprint density at radius 2 is 1.91 bits per heavy atom. The number of nitrogens with one attached hydrogen (secondary N) is 2. The van der Waals surface area contributed by atoms with Gasteiger partial charge >= 0.3 is 0 Å². The second kappa shape index (κ2) is 10.2. The highest BCUT2D eigenvalue weighted by molar-refractivity contribution is 5.92. The van der Waals surface area contributed by atoms with Gasteiger partial charge in [-0.15, -0.1) is 12.4 Å². The van der Waals surface area contributed by atoms with Crippen LogP contribution in [0.1, 0.15) is 42.8 Å². The predicted octanol–water partition coefficient (Wildman–Crippen LogP) is 1.62. The number of aryl methyl sites for hydroxylation is 1. The summed E-state index contributed by atoms with van der Waals surface area (Å²) < 4.78 is 5.09. The molecule has 0 bridgehead atoms. The molecule has 1 atom stereocenters. The molecule has 6 nitrogen and oxygen atoms in total. The van der Waals surface area contributed by atoms with Crippen LogP contribution in [0.2, 0.25) is 0 Å². The van der Waals surface area contributed by atoms with E-state index < -0.39 is 6.04 Å². The molecule has 0 unspecified atom stereocenters. The Hall–Kier alpha value is -1.53. The quantitative estimate of drug-likeness (QED) is 0.630. The Balaban J connectivity index is 0.00000441. The van der Waals surface area contributed by atoms with Crippen molar-refractivity contribution in [2.24, 2.45) is 11.7 Å². The van der Waals surface area contributed by atoms with E-state index in [9.17, 15) is 9.59 Å². The lowest BCUT2D eigenvalue weighted by Gasteiger charge is -2.14. The maximum atomic E-state index is 11.7. The summed E-state index contributed by atoms with van der Waals surface area (Å²) in [5, 5.41) is 5.51. The van der Waals surface area contributed by atoms with Crippen LogP contribution in [0.3, 0.4) is 0 Å². The zero-order chi connectivity index (χ0) is 15.8. The van der Waals surface area contributed by atoms with Gasteiger partial charge in [-0.2, -0.15) is 0 Å². The topological polar surface area (TPSA) is 97.4 Å². The van der Waals surface area contributed by atoms with E-state index in [1.807, 2.05) is 20.8 Å². The van der Waals surface area contributed by atoms with Gasteiger partial charge in [0.25, 0.3) is 5.91 Å². The van der Waals surface area contributed by atoms with E-state index in [0.717, 1.165) is 5.56 Å². The maximum absolute atomic E-state index is 11.7. The molecule has 1 aromatic heterocycles. The number of rotatable bonds is 8. The van der Waals surface area contributed by atoms with Gasteiger partial charge in [0.2, 0.25) is 5.91 Å². The molecule has 0 saturated carbocycles. The van der Waals surface area contributed by atoms with Crippen LogP contribution >= 0.6 is 12.4 Å². The third-order valence-electron chi connectivity index (χ3n) is 3.07. The summed E-state index contributed by atoms with van der Waals surface area (Å²) in [7, 11) is 0.